The Bertz CT molecular complexity index is 863. The summed E-state index contributed by atoms with van der Waals surface area (Å²) in [6.45, 7) is 5.78. The Kier molecular flexibility index (Phi) is 3.44. The fraction of sp³-hybridized carbons (Fsp3) is 0.375. The van der Waals surface area contributed by atoms with E-state index in [0.29, 0.717) is 31.0 Å². The molecule has 4 rings (SSSR count). The monoisotopic (exact) mass is 326 g/mol. The Balaban J connectivity index is 1.59. The van der Waals surface area contributed by atoms with Crippen LogP contribution >= 0.6 is 0 Å². The van der Waals surface area contributed by atoms with Crippen LogP contribution < -0.4 is 0 Å². The van der Waals surface area contributed by atoms with Gasteiger partial charge in [-0.15, -0.1) is 0 Å². The van der Waals surface area contributed by atoms with Crippen LogP contribution in [0.4, 0.5) is 0 Å². The summed E-state index contributed by atoms with van der Waals surface area (Å²) in [7, 11) is 0. The van der Waals surface area contributed by atoms with Gasteiger partial charge in [-0.25, -0.2) is 14.6 Å². The van der Waals surface area contributed by atoms with Gasteiger partial charge in [-0.05, 0) is 19.9 Å². The summed E-state index contributed by atoms with van der Waals surface area (Å²) < 4.78 is 9.19. The Morgan fingerprint density at radius 1 is 1.42 bits per heavy atom. The lowest BCUT2D eigenvalue weighted by molar-refractivity contribution is 0.0634. The van der Waals surface area contributed by atoms with Gasteiger partial charge in [0.1, 0.15) is 24.2 Å². The van der Waals surface area contributed by atoms with E-state index >= 15 is 0 Å². The van der Waals surface area contributed by atoms with Gasteiger partial charge in [-0.2, -0.15) is 5.10 Å². The number of aryl methyl sites for hydroxylation is 1. The number of aromatic nitrogens is 5. The molecule has 1 aliphatic heterocycles. The summed E-state index contributed by atoms with van der Waals surface area (Å²) in [5.41, 5.74) is 1.68. The van der Waals surface area contributed by atoms with Crippen molar-refractivity contribution in [2.24, 2.45) is 0 Å². The lowest BCUT2D eigenvalue weighted by Crippen LogP contribution is -2.41. The van der Waals surface area contributed by atoms with Crippen molar-refractivity contribution in [2.75, 3.05) is 6.54 Å². The third-order valence-electron chi connectivity index (χ3n) is 4.52. The summed E-state index contributed by atoms with van der Waals surface area (Å²) in [6.07, 6.45) is 6.60. The highest BCUT2D eigenvalue weighted by atomic mass is 16.3. The highest BCUT2D eigenvalue weighted by Gasteiger charge is 2.31. The number of furan rings is 1. The van der Waals surface area contributed by atoms with Crippen LogP contribution in [0.25, 0.3) is 0 Å². The molecule has 0 spiro atoms. The average molecular weight is 326 g/mol. The molecule has 0 radical (unpaired) electrons. The first kappa shape index (κ1) is 14.7. The number of hydrogen-bond donors (Lipinski definition) is 0. The standard InChI is InChI=1S/C16H18N6O2/c1-11-15-18-7-13(8-20-10-17-9-19-20)22(15)5-4-21(11)16(23)14-3-6-24-12(14)2/h3,6-7,9-11H,4-5,8H2,1-2H3/t11-/m1/s1. The predicted molar refractivity (Wildman–Crippen MR) is 84.2 cm³/mol. The summed E-state index contributed by atoms with van der Waals surface area (Å²) in [6, 6.07) is 1.63. The number of carbonyl (C=O) groups is 1. The maximum atomic E-state index is 12.8. The van der Waals surface area contributed by atoms with E-state index in [-0.39, 0.29) is 11.9 Å². The molecule has 124 valence electrons. The molecule has 1 atom stereocenters. The van der Waals surface area contributed by atoms with Gasteiger partial charge in [0.25, 0.3) is 5.91 Å². The van der Waals surface area contributed by atoms with Crippen molar-refractivity contribution in [3.8, 4) is 0 Å². The Labute approximate surface area is 138 Å². The van der Waals surface area contributed by atoms with Crippen molar-refractivity contribution < 1.29 is 9.21 Å². The molecule has 1 aliphatic rings. The average Bonchev–Trinajstić information content (AvgIpc) is 3.30. The summed E-state index contributed by atoms with van der Waals surface area (Å²) in [4.78, 5) is 23.1. The molecule has 3 aromatic rings. The van der Waals surface area contributed by atoms with Gasteiger partial charge < -0.3 is 13.9 Å². The second-order valence-electron chi connectivity index (χ2n) is 5.92. The summed E-state index contributed by atoms with van der Waals surface area (Å²) in [5.74, 6) is 1.53. The molecule has 24 heavy (non-hydrogen) atoms. The number of rotatable bonds is 3. The maximum Gasteiger partial charge on any atom is 0.258 e. The number of imidazole rings is 1. The van der Waals surface area contributed by atoms with Gasteiger partial charge in [-0.1, -0.05) is 0 Å². The fourth-order valence-corrected chi connectivity index (χ4v) is 3.21. The molecule has 4 heterocycles. The maximum absolute atomic E-state index is 12.8. The fourth-order valence-electron chi connectivity index (χ4n) is 3.21. The predicted octanol–water partition coefficient (Wildman–Crippen LogP) is 1.64. The zero-order chi connectivity index (χ0) is 16.7. The summed E-state index contributed by atoms with van der Waals surface area (Å²) in [5, 5.41) is 4.14. The van der Waals surface area contributed by atoms with Crippen LogP contribution in [-0.2, 0) is 13.1 Å². The lowest BCUT2D eigenvalue weighted by Gasteiger charge is -2.34. The van der Waals surface area contributed by atoms with Crippen LogP contribution in [0.1, 0.15) is 40.6 Å². The SMILES string of the molecule is Cc1occc1C(=O)N1CCn2c(Cn3cncn3)cnc2[C@H]1C. The molecular formula is C16H18N6O2. The molecule has 0 bridgehead atoms. The molecule has 0 unspecified atom stereocenters. The van der Waals surface area contributed by atoms with E-state index in [2.05, 4.69) is 19.6 Å². The minimum Gasteiger partial charge on any atom is -0.469 e. The van der Waals surface area contributed by atoms with Crippen LogP contribution in [0.15, 0.2) is 35.6 Å². The topological polar surface area (TPSA) is 82.0 Å². The number of carbonyl (C=O) groups excluding carboxylic acids is 1. The van der Waals surface area contributed by atoms with E-state index < -0.39 is 0 Å². The highest BCUT2D eigenvalue weighted by Crippen LogP contribution is 2.28. The van der Waals surface area contributed by atoms with Crippen LogP contribution in [-0.4, -0.2) is 41.7 Å². The van der Waals surface area contributed by atoms with E-state index in [0.717, 1.165) is 11.5 Å². The van der Waals surface area contributed by atoms with Gasteiger partial charge in [0.15, 0.2) is 0 Å². The zero-order valence-electron chi connectivity index (χ0n) is 13.6. The van der Waals surface area contributed by atoms with E-state index in [1.807, 2.05) is 18.0 Å². The quantitative estimate of drug-likeness (QED) is 0.731. The first-order chi connectivity index (χ1) is 11.6. The molecule has 8 heteroatoms. The van der Waals surface area contributed by atoms with Crippen molar-refractivity contribution >= 4 is 5.91 Å². The molecule has 1 amide bonds. The van der Waals surface area contributed by atoms with Gasteiger partial charge in [-0.3, -0.25) is 4.79 Å². The third kappa shape index (κ3) is 2.31. The van der Waals surface area contributed by atoms with E-state index in [1.165, 1.54) is 6.33 Å². The normalized spacial score (nSPS) is 17.1. The number of nitrogens with zero attached hydrogens (tertiary/aromatic N) is 6. The molecule has 0 N–H and O–H groups in total. The smallest absolute Gasteiger partial charge is 0.258 e. The second kappa shape index (κ2) is 5.63. The molecule has 8 nitrogen and oxygen atoms in total. The number of amides is 1. The van der Waals surface area contributed by atoms with Crippen molar-refractivity contribution in [2.45, 2.75) is 33.0 Å². The van der Waals surface area contributed by atoms with E-state index in [4.69, 9.17) is 4.42 Å². The number of hydrogen-bond acceptors (Lipinski definition) is 5. The molecule has 0 aromatic carbocycles. The minimum absolute atomic E-state index is 0.0131. The second-order valence-corrected chi connectivity index (χ2v) is 5.92. The van der Waals surface area contributed by atoms with Crippen molar-refractivity contribution in [3.05, 3.63) is 54.0 Å². The molecule has 0 fully saturated rings. The Morgan fingerprint density at radius 2 is 2.29 bits per heavy atom. The highest BCUT2D eigenvalue weighted by molar-refractivity contribution is 5.95. The molecule has 0 aliphatic carbocycles. The summed E-state index contributed by atoms with van der Waals surface area (Å²) >= 11 is 0. The first-order valence-electron chi connectivity index (χ1n) is 7.87. The van der Waals surface area contributed by atoms with Crippen LogP contribution in [0.5, 0.6) is 0 Å². The van der Waals surface area contributed by atoms with Crippen LogP contribution in [0, 0.1) is 6.92 Å². The number of fused-ring (bicyclic) bond motifs is 1. The van der Waals surface area contributed by atoms with Crippen molar-refractivity contribution in [1.29, 1.82) is 0 Å². The van der Waals surface area contributed by atoms with Gasteiger partial charge in [0, 0.05) is 13.1 Å². The van der Waals surface area contributed by atoms with E-state index in [9.17, 15) is 4.79 Å². The Hall–Kier alpha value is -2.90. The zero-order valence-corrected chi connectivity index (χ0v) is 13.6. The lowest BCUT2D eigenvalue weighted by atomic mass is 10.1. The van der Waals surface area contributed by atoms with Crippen molar-refractivity contribution in [1.82, 2.24) is 29.2 Å². The molecule has 0 saturated heterocycles. The minimum atomic E-state index is -0.0925. The van der Waals surface area contributed by atoms with Gasteiger partial charge in [0.2, 0.25) is 0 Å². The molecular weight excluding hydrogens is 308 g/mol. The largest absolute Gasteiger partial charge is 0.469 e. The third-order valence-corrected chi connectivity index (χ3v) is 4.52. The molecule has 0 saturated carbocycles. The van der Waals surface area contributed by atoms with Crippen molar-refractivity contribution in [3.63, 3.8) is 0 Å². The van der Waals surface area contributed by atoms with Crippen LogP contribution in [0.2, 0.25) is 0 Å². The van der Waals surface area contributed by atoms with E-state index in [1.54, 1.807) is 30.3 Å². The first-order valence-corrected chi connectivity index (χ1v) is 7.87. The molecule has 3 aromatic heterocycles. The van der Waals surface area contributed by atoms with Gasteiger partial charge in [0.05, 0.1) is 36.3 Å². The Morgan fingerprint density at radius 3 is 3.00 bits per heavy atom. The van der Waals surface area contributed by atoms with Crippen LogP contribution in [0.3, 0.4) is 0 Å². The van der Waals surface area contributed by atoms with Gasteiger partial charge >= 0.3 is 0 Å².